The fourth-order valence-electron chi connectivity index (χ4n) is 4.48. The van der Waals surface area contributed by atoms with Gasteiger partial charge in [0.25, 0.3) is 5.91 Å². The van der Waals surface area contributed by atoms with E-state index < -0.39 is 0 Å². The highest BCUT2D eigenvalue weighted by Crippen LogP contribution is 2.34. The molecule has 2 aromatic rings. The van der Waals surface area contributed by atoms with Gasteiger partial charge in [-0.15, -0.1) is 16.4 Å². The van der Waals surface area contributed by atoms with Gasteiger partial charge in [-0.3, -0.25) is 9.59 Å². The molecule has 172 valence electrons. The first-order valence-electron chi connectivity index (χ1n) is 11.5. The number of rotatable bonds is 5. The van der Waals surface area contributed by atoms with Gasteiger partial charge in [0.1, 0.15) is 0 Å². The Labute approximate surface area is 194 Å². The number of carbonyl (C=O) groups is 2. The maximum atomic E-state index is 12.8. The first kappa shape index (κ1) is 22.7. The molecule has 2 aliphatic rings. The molecule has 4 rings (SSSR count). The van der Waals surface area contributed by atoms with Gasteiger partial charge >= 0.3 is 0 Å². The van der Waals surface area contributed by atoms with E-state index in [1.165, 1.54) is 4.88 Å². The Morgan fingerprint density at radius 3 is 2.59 bits per heavy atom. The first-order chi connectivity index (χ1) is 15.3. The number of amides is 2. The van der Waals surface area contributed by atoms with E-state index in [0.29, 0.717) is 12.3 Å². The Kier molecular flexibility index (Phi) is 6.79. The zero-order chi connectivity index (χ0) is 22.7. The van der Waals surface area contributed by atoms with E-state index in [9.17, 15) is 9.59 Å². The van der Waals surface area contributed by atoms with Crippen molar-refractivity contribution in [3.8, 4) is 0 Å². The highest BCUT2D eigenvalue weighted by Gasteiger charge is 2.29. The number of thiophene rings is 1. The van der Waals surface area contributed by atoms with Gasteiger partial charge in [0.05, 0.1) is 4.88 Å². The summed E-state index contributed by atoms with van der Waals surface area (Å²) < 4.78 is 0. The molecule has 7 nitrogen and oxygen atoms in total. The van der Waals surface area contributed by atoms with Crippen LogP contribution in [0.3, 0.4) is 0 Å². The number of aromatic nitrogens is 2. The molecule has 1 atom stereocenters. The minimum atomic E-state index is 0.00466. The number of anilines is 1. The standard InChI is InChI=1S/C24H33N5O2S/c1-24(2,3)15-22(30)28-12-8-17(9-13-28)19-6-7-20(32-19)23(31)26-18-10-14-29(16-18)21-5-4-11-25-27-21/h4-7,11,17-18H,8-10,12-16H2,1-3H3,(H,26,31)/t18-/m0/s1. The second-order valence-electron chi connectivity index (χ2n) is 10.1. The van der Waals surface area contributed by atoms with Crippen molar-refractivity contribution in [2.24, 2.45) is 5.41 Å². The van der Waals surface area contributed by atoms with Crippen molar-refractivity contribution in [2.75, 3.05) is 31.1 Å². The van der Waals surface area contributed by atoms with Crippen LogP contribution in [0.4, 0.5) is 5.82 Å². The summed E-state index contributed by atoms with van der Waals surface area (Å²) in [5.41, 5.74) is 0.0226. The van der Waals surface area contributed by atoms with Crippen molar-refractivity contribution < 1.29 is 9.59 Å². The second-order valence-corrected chi connectivity index (χ2v) is 11.2. The summed E-state index contributed by atoms with van der Waals surface area (Å²) in [6.07, 6.45) is 5.10. The maximum Gasteiger partial charge on any atom is 0.261 e. The Morgan fingerprint density at radius 1 is 1.12 bits per heavy atom. The van der Waals surface area contributed by atoms with Crippen molar-refractivity contribution >= 4 is 29.0 Å². The van der Waals surface area contributed by atoms with Gasteiger partial charge in [-0.2, -0.15) is 5.10 Å². The van der Waals surface area contributed by atoms with Gasteiger partial charge in [-0.05, 0) is 54.9 Å². The van der Waals surface area contributed by atoms with Crippen LogP contribution in [0.1, 0.15) is 66.9 Å². The van der Waals surface area contributed by atoms with Crippen LogP contribution in [-0.2, 0) is 4.79 Å². The normalized spacial score (nSPS) is 19.9. The lowest BCUT2D eigenvalue weighted by Gasteiger charge is -2.33. The van der Waals surface area contributed by atoms with Crippen molar-refractivity contribution in [3.05, 3.63) is 40.2 Å². The number of likely N-dealkylation sites (tertiary alicyclic amines) is 1. The van der Waals surface area contributed by atoms with Crippen LogP contribution in [0.5, 0.6) is 0 Å². The molecule has 0 saturated carbocycles. The molecule has 1 N–H and O–H groups in total. The highest BCUT2D eigenvalue weighted by atomic mass is 32.1. The summed E-state index contributed by atoms with van der Waals surface area (Å²) in [5, 5.41) is 11.3. The molecule has 2 aliphatic heterocycles. The summed E-state index contributed by atoms with van der Waals surface area (Å²) in [6, 6.07) is 7.99. The molecule has 0 radical (unpaired) electrons. The SMILES string of the molecule is CC(C)(C)CC(=O)N1CCC(c2ccc(C(=O)N[C@H]3CCN(c4cccnn4)C3)s2)CC1. The number of nitrogens with zero attached hydrogens (tertiary/aromatic N) is 4. The molecular weight excluding hydrogens is 422 g/mol. The number of carbonyl (C=O) groups excluding carboxylic acids is 2. The van der Waals surface area contributed by atoms with Crippen LogP contribution in [0.25, 0.3) is 0 Å². The van der Waals surface area contributed by atoms with E-state index in [4.69, 9.17) is 0 Å². The summed E-state index contributed by atoms with van der Waals surface area (Å²) in [5.74, 6) is 1.55. The Hall–Kier alpha value is -2.48. The van der Waals surface area contributed by atoms with Crippen LogP contribution in [0.15, 0.2) is 30.5 Å². The molecule has 0 aliphatic carbocycles. The predicted octanol–water partition coefficient (Wildman–Crippen LogP) is 3.69. The quantitative estimate of drug-likeness (QED) is 0.744. The number of piperidine rings is 1. The molecule has 2 amide bonds. The molecule has 0 unspecified atom stereocenters. The Morgan fingerprint density at radius 2 is 1.91 bits per heavy atom. The lowest BCUT2D eigenvalue weighted by Crippen LogP contribution is -2.39. The summed E-state index contributed by atoms with van der Waals surface area (Å²) in [4.78, 5) is 31.5. The van der Waals surface area contributed by atoms with Gasteiger partial charge in [0.15, 0.2) is 5.82 Å². The van der Waals surface area contributed by atoms with Gasteiger partial charge in [0, 0.05) is 49.7 Å². The zero-order valence-electron chi connectivity index (χ0n) is 19.2. The van der Waals surface area contributed by atoms with Crippen molar-refractivity contribution in [2.45, 2.75) is 58.4 Å². The topological polar surface area (TPSA) is 78.4 Å². The molecule has 2 fully saturated rings. The number of hydrogen-bond donors (Lipinski definition) is 1. The molecule has 4 heterocycles. The number of hydrogen-bond acceptors (Lipinski definition) is 6. The van der Waals surface area contributed by atoms with E-state index in [1.807, 2.05) is 23.1 Å². The second kappa shape index (κ2) is 9.57. The summed E-state index contributed by atoms with van der Waals surface area (Å²) in [7, 11) is 0. The van der Waals surface area contributed by atoms with E-state index in [-0.39, 0.29) is 23.3 Å². The predicted molar refractivity (Wildman–Crippen MR) is 127 cm³/mol. The Bertz CT molecular complexity index is 931. The third-order valence-corrected chi connectivity index (χ3v) is 7.43. The van der Waals surface area contributed by atoms with Crippen molar-refractivity contribution in [3.63, 3.8) is 0 Å². The molecule has 2 aromatic heterocycles. The molecule has 0 aromatic carbocycles. The van der Waals surface area contributed by atoms with Gasteiger partial charge in [-0.1, -0.05) is 20.8 Å². The summed E-state index contributed by atoms with van der Waals surface area (Å²) >= 11 is 1.60. The smallest absolute Gasteiger partial charge is 0.261 e. The Balaban J connectivity index is 1.27. The average Bonchev–Trinajstić information content (AvgIpc) is 3.43. The monoisotopic (exact) mass is 455 g/mol. The van der Waals surface area contributed by atoms with Crippen LogP contribution >= 0.6 is 11.3 Å². The number of nitrogens with one attached hydrogen (secondary N) is 1. The minimum absolute atomic E-state index is 0.00466. The van der Waals surface area contributed by atoms with Gasteiger partial charge < -0.3 is 15.1 Å². The zero-order valence-corrected chi connectivity index (χ0v) is 20.0. The largest absolute Gasteiger partial charge is 0.353 e. The third kappa shape index (κ3) is 5.65. The molecule has 0 bridgehead atoms. The van der Waals surface area contributed by atoms with Crippen LogP contribution < -0.4 is 10.2 Å². The first-order valence-corrected chi connectivity index (χ1v) is 12.3. The van der Waals surface area contributed by atoms with Crippen molar-refractivity contribution in [1.29, 1.82) is 0 Å². The molecule has 2 saturated heterocycles. The maximum absolute atomic E-state index is 12.8. The molecule has 0 spiro atoms. The fourth-order valence-corrected chi connectivity index (χ4v) is 5.56. The van der Waals surface area contributed by atoms with Crippen LogP contribution in [-0.4, -0.2) is 59.1 Å². The van der Waals surface area contributed by atoms with E-state index >= 15 is 0 Å². The molecular formula is C24H33N5O2S. The summed E-state index contributed by atoms with van der Waals surface area (Å²) in [6.45, 7) is 9.55. The highest BCUT2D eigenvalue weighted by molar-refractivity contribution is 7.14. The third-order valence-electron chi connectivity index (χ3n) is 6.19. The van der Waals surface area contributed by atoms with E-state index in [1.54, 1.807) is 17.5 Å². The van der Waals surface area contributed by atoms with Crippen molar-refractivity contribution in [1.82, 2.24) is 20.4 Å². The van der Waals surface area contributed by atoms with Gasteiger partial charge in [-0.25, -0.2) is 0 Å². The fraction of sp³-hybridized carbons (Fsp3) is 0.583. The lowest BCUT2D eigenvalue weighted by molar-refractivity contribution is -0.134. The molecule has 8 heteroatoms. The van der Waals surface area contributed by atoms with Crippen LogP contribution in [0, 0.1) is 5.41 Å². The van der Waals surface area contributed by atoms with E-state index in [2.05, 4.69) is 47.3 Å². The average molecular weight is 456 g/mol. The van der Waals surface area contributed by atoms with Gasteiger partial charge in [0.2, 0.25) is 5.91 Å². The van der Waals surface area contributed by atoms with E-state index in [0.717, 1.165) is 56.1 Å². The minimum Gasteiger partial charge on any atom is -0.353 e. The lowest BCUT2D eigenvalue weighted by atomic mass is 9.90. The van der Waals surface area contributed by atoms with Crippen LogP contribution in [0.2, 0.25) is 0 Å². The molecule has 32 heavy (non-hydrogen) atoms.